The van der Waals surface area contributed by atoms with Crippen LogP contribution in [0.1, 0.15) is 11.3 Å². The van der Waals surface area contributed by atoms with Crippen LogP contribution >= 0.6 is 35.0 Å². The highest BCUT2D eigenvalue weighted by molar-refractivity contribution is 7.98. The Morgan fingerprint density at radius 1 is 1.17 bits per heavy atom. The Morgan fingerprint density at radius 3 is 2.78 bits per heavy atom. The molecule has 36 heavy (non-hydrogen) atoms. The summed E-state index contributed by atoms with van der Waals surface area (Å²) in [4.78, 5) is 19.7. The summed E-state index contributed by atoms with van der Waals surface area (Å²) in [5.74, 6) is 0.865. The summed E-state index contributed by atoms with van der Waals surface area (Å²) >= 11 is 14.8. The summed E-state index contributed by atoms with van der Waals surface area (Å²) in [7, 11) is 1.39. The lowest BCUT2D eigenvalue weighted by atomic mass is 10.1. The quantitative estimate of drug-likeness (QED) is 0.257. The first-order valence-corrected chi connectivity index (χ1v) is 13.3. The molecule has 1 amide bonds. The third kappa shape index (κ3) is 5.49. The molecule has 4 aromatic rings. The average Bonchev–Trinajstić information content (AvgIpc) is 3.24. The first-order chi connectivity index (χ1) is 17.5. The van der Waals surface area contributed by atoms with Gasteiger partial charge >= 0.3 is 6.09 Å². The van der Waals surface area contributed by atoms with E-state index in [0.29, 0.717) is 36.2 Å². The van der Waals surface area contributed by atoms with Gasteiger partial charge in [0.1, 0.15) is 5.65 Å². The van der Waals surface area contributed by atoms with Gasteiger partial charge in [0, 0.05) is 46.5 Å². The van der Waals surface area contributed by atoms with Gasteiger partial charge in [0.25, 0.3) is 0 Å². The second-order valence-corrected chi connectivity index (χ2v) is 10.4. The summed E-state index contributed by atoms with van der Waals surface area (Å²) < 4.78 is 12.9. The van der Waals surface area contributed by atoms with E-state index in [1.54, 1.807) is 16.7 Å². The van der Waals surface area contributed by atoms with E-state index in [0.717, 1.165) is 33.2 Å². The van der Waals surface area contributed by atoms with Crippen molar-refractivity contribution in [3.05, 3.63) is 88.2 Å². The van der Waals surface area contributed by atoms with Crippen molar-refractivity contribution in [3.63, 3.8) is 0 Å². The molecular weight excluding hydrogens is 517 g/mol. The van der Waals surface area contributed by atoms with Gasteiger partial charge in [-0.2, -0.15) is 0 Å². The Balaban J connectivity index is 1.44. The Morgan fingerprint density at radius 2 is 2.00 bits per heavy atom. The van der Waals surface area contributed by atoms with Gasteiger partial charge in [-0.15, -0.1) is 11.8 Å². The van der Waals surface area contributed by atoms with Crippen LogP contribution in [0.4, 0.5) is 4.79 Å². The summed E-state index contributed by atoms with van der Waals surface area (Å²) in [5.41, 5.74) is 4.56. The molecule has 1 saturated heterocycles. The van der Waals surface area contributed by atoms with Crippen molar-refractivity contribution in [1.82, 2.24) is 14.3 Å². The highest BCUT2D eigenvalue weighted by Gasteiger charge is 2.28. The number of amides is 1. The average molecular weight is 542 g/mol. The number of carbonyl (C=O) groups excluding carboxylic acids is 1. The van der Waals surface area contributed by atoms with Crippen LogP contribution in [0.15, 0.2) is 71.8 Å². The number of fused-ring (bicyclic) bond motifs is 1. The normalized spacial score (nSPS) is 15.9. The van der Waals surface area contributed by atoms with E-state index in [4.69, 9.17) is 37.7 Å². The molecule has 1 aliphatic heterocycles. The molecule has 0 unspecified atom stereocenters. The van der Waals surface area contributed by atoms with Crippen LogP contribution in [0.3, 0.4) is 0 Å². The zero-order chi connectivity index (χ0) is 25.1. The lowest BCUT2D eigenvalue weighted by Crippen LogP contribution is -2.46. The molecule has 0 bridgehead atoms. The Bertz CT molecular complexity index is 1380. The van der Waals surface area contributed by atoms with Crippen molar-refractivity contribution >= 4 is 46.7 Å². The highest BCUT2D eigenvalue weighted by atomic mass is 35.5. The number of hydrogen-bond acceptors (Lipinski definition) is 5. The second-order valence-electron chi connectivity index (χ2n) is 8.51. The van der Waals surface area contributed by atoms with E-state index in [-0.39, 0.29) is 12.2 Å². The predicted octanol–water partition coefficient (Wildman–Crippen LogP) is 6.61. The van der Waals surface area contributed by atoms with Gasteiger partial charge in [0.15, 0.2) is 0 Å². The van der Waals surface area contributed by atoms with E-state index < -0.39 is 0 Å². The third-order valence-electron chi connectivity index (χ3n) is 6.12. The zero-order valence-electron chi connectivity index (χ0n) is 19.7. The maximum Gasteiger partial charge on any atom is 0.409 e. The minimum absolute atomic E-state index is 0.202. The fourth-order valence-electron chi connectivity index (χ4n) is 4.35. The lowest BCUT2D eigenvalue weighted by Gasteiger charge is -2.32. The molecule has 1 aliphatic rings. The number of benzene rings is 2. The number of thioether (sulfide) groups is 1. The fourth-order valence-corrected chi connectivity index (χ4v) is 5.73. The second kappa shape index (κ2) is 11.1. The SMILES string of the molecule is COC(=O)N1CCO[C@@H](Cc2c(-c3ccc(SCc4ccccc4)cc3Cl)nc3cc(Cl)ccn23)C1. The number of methoxy groups -OCH3 is 1. The summed E-state index contributed by atoms with van der Waals surface area (Å²) in [6.45, 7) is 1.40. The van der Waals surface area contributed by atoms with Gasteiger partial charge in [-0.05, 0) is 23.8 Å². The number of pyridine rings is 1. The van der Waals surface area contributed by atoms with Gasteiger partial charge in [0.05, 0.1) is 42.8 Å². The molecule has 3 heterocycles. The number of ether oxygens (including phenoxy) is 2. The van der Waals surface area contributed by atoms with Crippen molar-refractivity contribution in [2.45, 2.75) is 23.2 Å². The molecule has 9 heteroatoms. The number of hydrogen-bond donors (Lipinski definition) is 0. The van der Waals surface area contributed by atoms with Gasteiger partial charge in [-0.1, -0.05) is 59.6 Å². The fraction of sp³-hybridized carbons (Fsp3) is 0.259. The van der Waals surface area contributed by atoms with Gasteiger partial charge < -0.3 is 18.8 Å². The molecule has 0 saturated carbocycles. The molecule has 5 rings (SSSR count). The first kappa shape index (κ1) is 25.0. The first-order valence-electron chi connectivity index (χ1n) is 11.6. The number of nitrogens with zero attached hydrogens (tertiary/aromatic N) is 3. The largest absolute Gasteiger partial charge is 0.453 e. The van der Waals surface area contributed by atoms with Crippen molar-refractivity contribution in [2.24, 2.45) is 0 Å². The molecular formula is C27H25Cl2N3O3S. The van der Waals surface area contributed by atoms with Crippen molar-refractivity contribution in [3.8, 4) is 11.3 Å². The maximum absolute atomic E-state index is 12.1. The van der Waals surface area contributed by atoms with E-state index in [2.05, 4.69) is 18.2 Å². The number of rotatable bonds is 6. The maximum atomic E-state index is 12.1. The monoisotopic (exact) mass is 541 g/mol. The minimum atomic E-state index is -0.347. The van der Waals surface area contributed by atoms with Gasteiger partial charge in [0.2, 0.25) is 0 Å². The van der Waals surface area contributed by atoms with Crippen LogP contribution in [0.5, 0.6) is 0 Å². The molecule has 2 aromatic carbocycles. The Labute approximate surface area is 224 Å². The smallest absolute Gasteiger partial charge is 0.409 e. The summed E-state index contributed by atoms with van der Waals surface area (Å²) in [6, 6.07) is 20.1. The summed E-state index contributed by atoms with van der Waals surface area (Å²) in [6.07, 6.45) is 1.90. The molecule has 0 N–H and O–H groups in total. The lowest BCUT2D eigenvalue weighted by molar-refractivity contribution is -0.0241. The third-order valence-corrected chi connectivity index (χ3v) is 7.74. The molecule has 186 valence electrons. The van der Waals surface area contributed by atoms with Gasteiger partial charge in [-0.25, -0.2) is 9.78 Å². The number of carbonyl (C=O) groups is 1. The van der Waals surface area contributed by atoms with Crippen LogP contribution in [0.2, 0.25) is 10.0 Å². The minimum Gasteiger partial charge on any atom is -0.453 e. The number of halogens is 2. The van der Waals surface area contributed by atoms with E-state index in [9.17, 15) is 4.79 Å². The standard InChI is InChI=1S/C27H25Cl2N3O3S/c1-34-27(33)31-11-12-35-20(16-31)14-24-26(30-25-13-19(28)9-10-32(24)25)22-8-7-21(15-23(22)29)36-17-18-5-3-2-4-6-18/h2-10,13,15,20H,11-12,14,16-17H2,1H3/t20-/m0/s1. The summed E-state index contributed by atoms with van der Waals surface area (Å²) in [5, 5.41) is 1.24. The van der Waals surface area contributed by atoms with E-state index in [1.165, 1.54) is 12.7 Å². The van der Waals surface area contributed by atoms with Crippen molar-refractivity contribution in [2.75, 3.05) is 26.8 Å². The molecule has 1 atom stereocenters. The molecule has 6 nitrogen and oxygen atoms in total. The van der Waals surface area contributed by atoms with Crippen LogP contribution in [-0.2, 0) is 21.6 Å². The van der Waals surface area contributed by atoms with Crippen molar-refractivity contribution < 1.29 is 14.3 Å². The molecule has 0 spiro atoms. The van der Waals surface area contributed by atoms with Gasteiger partial charge in [-0.3, -0.25) is 0 Å². The predicted molar refractivity (Wildman–Crippen MR) is 144 cm³/mol. The van der Waals surface area contributed by atoms with E-state index >= 15 is 0 Å². The van der Waals surface area contributed by atoms with Crippen LogP contribution < -0.4 is 0 Å². The van der Waals surface area contributed by atoms with E-state index in [1.807, 2.05) is 53.1 Å². The zero-order valence-corrected chi connectivity index (χ0v) is 22.0. The van der Waals surface area contributed by atoms with Crippen LogP contribution in [0, 0.1) is 0 Å². The number of aromatic nitrogens is 2. The number of morpholine rings is 1. The number of imidazole rings is 1. The Kier molecular flexibility index (Phi) is 7.72. The molecule has 2 aromatic heterocycles. The Hall–Kier alpha value is -2.71. The molecule has 1 fully saturated rings. The van der Waals surface area contributed by atoms with Crippen LogP contribution in [-0.4, -0.2) is 53.3 Å². The molecule has 0 aliphatic carbocycles. The van der Waals surface area contributed by atoms with Crippen LogP contribution in [0.25, 0.3) is 16.9 Å². The van der Waals surface area contributed by atoms with Crippen molar-refractivity contribution in [1.29, 1.82) is 0 Å². The topological polar surface area (TPSA) is 56.1 Å². The highest BCUT2D eigenvalue weighted by Crippen LogP contribution is 2.36. The molecule has 0 radical (unpaired) electrons.